The average molecular weight is 277 g/mol. The number of nitrogens with zero attached hydrogens (tertiary/aromatic N) is 2. The van der Waals surface area contributed by atoms with Crippen molar-refractivity contribution in [3.63, 3.8) is 0 Å². The van der Waals surface area contributed by atoms with Gasteiger partial charge < -0.3 is 5.11 Å². The summed E-state index contributed by atoms with van der Waals surface area (Å²) in [4.78, 5) is 12.1. The molecule has 0 radical (unpaired) electrons. The first kappa shape index (κ1) is 12.8. The Morgan fingerprint density at radius 3 is 2.48 bits per heavy atom. The van der Waals surface area contributed by atoms with Crippen LogP contribution in [0.15, 0.2) is 59.4 Å². The highest BCUT2D eigenvalue weighted by Crippen LogP contribution is 2.26. The van der Waals surface area contributed by atoms with Gasteiger partial charge in [-0.3, -0.25) is 9.89 Å². The second-order valence-corrected chi connectivity index (χ2v) is 4.52. The molecule has 3 rings (SSSR count). The fraction of sp³-hybridized carbons (Fsp3) is 0. The average Bonchev–Trinajstić information content (AvgIpc) is 2.89. The predicted molar refractivity (Wildman–Crippen MR) is 78.2 cm³/mol. The van der Waals surface area contributed by atoms with Crippen LogP contribution >= 0.6 is 0 Å². The number of H-pyrrole nitrogens is 1. The number of aromatic nitrogens is 2. The van der Waals surface area contributed by atoms with Crippen molar-refractivity contribution in [2.24, 2.45) is 0 Å². The van der Waals surface area contributed by atoms with E-state index in [-0.39, 0.29) is 11.3 Å². The largest absolute Gasteiger partial charge is 0.507 e. The third-order valence-corrected chi connectivity index (χ3v) is 3.17. The van der Waals surface area contributed by atoms with Gasteiger partial charge in [-0.15, -0.1) is 0 Å². The van der Waals surface area contributed by atoms with E-state index in [2.05, 4.69) is 5.10 Å². The highest BCUT2D eigenvalue weighted by molar-refractivity contribution is 5.66. The Morgan fingerprint density at radius 2 is 1.81 bits per heavy atom. The third-order valence-electron chi connectivity index (χ3n) is 3.17. The topological polar surface area (TPSA) is 81.8 Å². The number of aromatic amines is 1. The molecule has 102 valence electrons. The highest BCUT2D eigenvalue weighted by Gasteiger charge is 2.09. The van der Waals surface area contributed by atoms with Gasteiger partial charge in [0.15, 0.2) is 0 Å². The monoisotopic (exact) mass is 277 g/mol. The van der Waals surface area contributed by atoms with E-state index in [1.165, 1.54) is 10.7 Å². The quantitative estimate of drug-likeness (QED) is 0.754. The molecule has 0 saturated carbocycles. The lowest BCUT2D eigenvalue weighted by atomic mass is 10.1. The number of phenolic OH excluding ortho intramolecular Hbond substituents is 1. The van der Waals surface area contributed by atoms with Gasteiger partial charge in [0.2, 0.25) is 0 Å². The fourth-order valence-electron chi connectivity index (χ4n) is 2.11. The maximum absolute atomic E-state index is 12.1. The third kappa shape index (κ3) is 2.30. The standard InChI is InChI=1S/C16H11N3O2/c17-10-11-5-7-12(8-6-11)19-16(21)9-14(18-19)13-3-1-2-4-15(13)20/h1-9,18,20H. The zero-order valence-electron chi connectivity index (χ0n) is 10.9. The molecule has 2 N–H and O–H groups in total. The van der Waals surface area contributed by atoms with Crippen LogP contribution in [0.25, 0.3) is 16.9 Å². The van der Waals surface area contributed by atoms with Crippen LogP contribution in [0.5, 0.6) is 5.75 Å². The number of para-hydroxylation sites is 1. The zero-order valence-corrected chi connectivity index (χ0v) is 10.9. The molecular weight excluding hydrogens is 266 g/mol. The molecule has 3 aromatic rings. The number of benzene rings is 2. The number of hydrogen-bond donors (Lipinski definition) is 2. The van der Waals surface area contributed by atoms with Gasteiger partial charge >= 0.3 is 0 Å². The molecule has 21 heavy (non-hydrogen) atoms. The van der Waals surface area contributed by atoms with Crippen molar-refractivity contribution in [1.29, 1.82) is 5.26 Å². The lowest BCUT2D eigenvalue weighted by Gasteiger charge is -2.03. The fourth-order valence-corrected chi connectivity index (χ4v) is 2.11. The molecule has 1 heterocycles. The molecule has 0 spiro atoms. The van der Waals surface area contributed by atoms with Crippen molar-refractivity contribution in [2.75, 3.05) is 0 Å². The van der Waals surface area contributed by atoms with Crippen LogP contribution < -0.4 is 5.56 Å². The van der Waals surface area contributed by atoms with Crippen molar-refractivity contribution in [1.82, 2.24) is 9.78 Å². The minimum absolute atomic E-state index is 0.103. The Hall–Kier alpha value is -3.26. The molecular formula is C16H11N3O2. The van der Waals surface area contributed by atoms with Crippen molar-refractivity contribution >= 4 is 0 Å². The normalized spacial score (nSPS) is 10.2. The van der Waals surface area contributed by atoms with E-state index < -0.39 is 0 Å². The molecule has 0 bridgehead atoms. The van der Waals surface area contributed by atoms with Gasteiger partial charge in [-0.1, -0.05) is 12.1 Å². The van der Waals surface area contributed by atoms with E-state index in [4.69, 9.17) is 5.26 Å². The summed E-state index contributed by atoms with van der Waals surface area (Å²) >= 11 is 0. The maximum atomic E-state index is 12.1. The van der Waals surface area contributed by atoms with E-state index in [0.717, 1.165) is 0 Å². The number of phenols is 1. The highest BCUT2D eigenvalue weighted by atomic mass is 16.3. The van der Waals surface area contributed by atoms with Crippen molar-refractivity contribution in [2.45, 2.75) is 0 Å². The van der Waals surface area contributed by atoms with E-state index >= 15 is 0 Å². The van der Waals surface area contributed by atoms with E-state index in [1.54, 1.807) is 48.5 Å². The first-order valence-corrected chi connectivity index (χ1v) is 6.30. The van der Waals surface area contributed by atoms with E-state index in [9.17, 15) is 9.90 Å². The molecule has 0 aliphatic heterocycles. The summed E-state index contributed by atoms with van der Waals surface area (Å²) in [7, 11) is 0. The van der Waals surface area contributed by atoms with Gasteiger partial charge in [0, 0.05) is 11.6 Å². The van der Waals surface area contributed by atoms with Gasteiger partial charge in [-0.25, -0.2) is 4.68 Å². The van der Waals surface area contributed by atoms with Gasteiger partial charge in [0.25, 0.3) is 5.56 Å². The molecule has 0 aliphatic rings. The molecule has 0 amide bonds. The Bertz CT molecular complexity index is 883. The van der Waals surface area contributed by atoms with Crippen LogP contribution in [-0.4, -0.2) is 14.9 Å². The summed E-state index contributed by atoms with van der Waals surface area (Å²) in [6, 6.07) is 16.9. The van der Waals surface area contributed by atoms with Gasteiger partial charge in [-0.2, -0.15) is 5.26 Å². The smallest absolute Gasteiger partial charge is 0.271 e. The minimum Gasteiger partial charge on any atom is -0.507 e. The zero-order chi connectivity index (χ0) is 14.8. The van der Waals surface area contributed by atoms with Crippen LogP contribution in [0.4, 0.5) is 0 Å². The summed E-state index contributed by atoms with van der Waals surface area (Å²) in [6.07, 6.45) is 0. The van der Waals surface area contributed by atoms with Crippen LogP contribution in [0, 0.1) is 11.3 Å². The summed E-state index contributed by atoms with van der Waals surface area (Å²) in [5.41, 5.74) is 2.00. The number of nitriles is 1. The molecule has 5 heteroatoms. The molecule has 2 aromatic carbocycles. The van der Waals surface area contributed by atoms with Gasteiger partial charge in [0.05, 0.1) is 23.0 Å². The summed E-state index contributed by atoms with van der Waals surface area (Å²) in [5, 5.41) is 21.6. The van der Waals surface area contributed by atoms with Crippen LogP contribution in [0.3, 0.4) is 0 Å². The van der Waals surface area contributed by atoms with Crippen molar-refractivity contribution in [3.8, 4) is 28.8 Å². The van der Waals surface area contributed by atoms with Crippen LogP contribution in [0.1, 0.15) is 5.56 Å². The minimum atomic E-state index is -0.238. The molecule has 1 aromatic heterocycles. The Morgan fingerprint density at radius 1 is 1.10 bits per heavy atom. The molecule has 0 unspecified atom stereocenters. The first-order chi connectivity index (χ1) is 10.2. The Kier molecular flexibility index (Phi) is 3.05. The number of aromatic hydroxyl groups is 1. The second kappa shape index (κ2) is 5.02. The summed E-state index contributed by atoms with van der Waals surface area (Å²) in [6.45, 7) is 0. The number of nitrogens with one attached hydrogen (secondary N) is 1. The van der Waals surface area contributed by atoms with E-state index in [1.807, 2.05) is 6.07 Å². The van der Waals surface area contributed by atoms with Crippen molar-refractivity contribution < 1.29 is 5.11 Å². The molecule has 0 atom stereocenters. The molecule has 0 fully saturated rings. The molecule has 0 aliphatic carbocycles. The molecule has 5 nitrogen and oxygen atoms in total. The first-order valence-electron chi connectivity index (χ1n) is 6.30. The lowest BCUT2D eigenvalue weighted by Crippen LogP contribution is -2.13. The summed E-state index contributed by atoms with van der Waals surface area (Å²) in [5.74, 6) is 0.103. The van der Waals surface area contributed by atoms with Crippen LogP contribution in [-0.2, 0) is 0 Å². The Labute approximate surface area is 120 Å². The predicted octanol–water partition coefficient (Wildman–Crippen LogP) is 2.41. The number of hydrogen-bond acceptors (Lipinski definition) is 3. The Balaban J connectivity index is 2.08. The van der Waals surface area contributed by atoms with Crippen LogP contribution in [0.2, 0.25) is 0 Å². The maximum Gasteiger partial charge on any atom is 0.271 e. The lowest BCUT2D eigenvalue weighted by molar-refractivity contribution is 0.477. The van der Waals surface area contributed by atoms with E-state index in [0.29, 0.717) is 22.5 Å². The SMILES string of the molecule is N#Cc1ccc(-n2[nH]c(-c3ccccc3O)cc2=O)cc1. The van der Waals surface area contributed by atoms with Gasteiger partial charge in [0.1, 0.15) is 5.75 Å². The number of rotatable bonds is 2. The van der Waals surface area contributed by atoms with Gasteiger partial charge in [-0.05, 0) is 36.4 Å². The molecule has 0 saturated heterocycles. The summed E-state index contributed by atoms with van der Waals surface area (Å²) < 4.78 is 1.36. The van der Waals surface area contributed by atoms with Crippen molar-refractivity contribution in [3.05, 3.63) is 70.5 Å². The second-order valence-electron chi connectivity index (χ2n) is 4.52.